The van der Waals surface area contributed by atoms with Gasteiger partial charge in [0.1, 0.15) is 0 Å². The predicted octanol–water partition coefficient (Wildman–Crippen LogP) is 1.41. The molecule has 1 N–H and O–H groups in total. The van der Waals surface area contributed by atoms with Crippen molar-refractivity contribution in [3.05, 3.63) is 12.7 Å². The molecule has 3 heteroatoms. The highest BCUT2D eigenvalue weighted by molar-refractivity contribution is 5.75. The fourth-order valence-electron chi connectivity index (χ4n) is 1.12. The Morgan fingerprint density at radius 2 is 2.21 bits per heavy atom. The number of hydrogen-bond donors (Lipinski definition) is 1. The smallest absolute Gasteiger partial charge is 0.222 e. The van der Waals surface area contributed by atoms with Crippen LogP contribution >= 0.6 is 0 Å². The molecule has 14 heavy (non-hydrogen) atoms. The van der Waals surface area contributed by atoms with Gasteiger partial charge in [0.25, 0.3) is 0 Å². The molecule has 0 aliphatic rings. The summed E-state index contributed by atoms with van der Waals surface area (Å²) in [5.41, 5.74) is 0. The van der Waals surface area contributed by atoms with Crippen LogP contribution in [0.4, 0.5) is 0 Å². The average molecular weight is 198 g/mol. The Labute approximate surface area is 87.2 Å². The van der Waals surface area contributed by atoms with Gasteiger partial charge in [-0.05, 0) is 13.0 Å². The minimum atomic E-state index is 0.190. The van der Waals surface area contributed by atoms with Gasteiger partial charge in [0, 0.05) is 26.1 Å². The lowest BCUT2D eigenvalue weighted by molar-refractivity contribution is -0.129. The van der Waals surface area contributed by atoms with E-state index in [1.54, 1.807) is 18.0 Å². The fourth-order valence-corrected chi connectivity index (χ4v) is 1.12. The summed E-state index contributed by atoms with van der Waals surface area (Å²) in [5.74, 6) is 0.190. The molecule has 0 saturated carbocycles. The van der Waals surface area contributed by atoms with E-state index in [2.05, 4.69) is 25.7 Å². The zero-order chi connectivity index (χ0) is 11.0. The first-order chi connectivity index (χ1) is 6.57. The molecular formula is C11H22N2O. The van der Waals surface area contributed by atoms with Crippen LogP contribution < -0.4 is 5.32 Å². The lowest BCUT2D eigenvalue weighted by Crippen LogP contribution is -2.28. The lowest BCUT2D eigenvalue weighted by atomic mass is 10.2. The van der Waals surface area contributed by atoms with Gasteiger partial charge in [-0.1, -0.05) is 19.9 Å². The molecule has 0 spiro atoms. The molecular weight excluding hydrogens is 176 g/mol. The molecule has 0 saturated heterocycles. The first-order valence-electron chi connectivity index (χ1n) is 5.16. The van der Waals surface area contributed by atoms with E-state index in [1.165, 1.54) is 0 Å². The topological polar surface area (TPSA) is 32.3 Å². The summed E-state index contributed by atoms with van der Waals surface area (Å²) in [4.78, 5) is 13.1. The van der Waals surface area contributed by atoms with Gasteiger partial charge in [-0.15, -0.1) is 6.58 Å². The van der Waals surface area contributed by atoms with Gasteiger partial charge < -0.3 is 10.2 Å². The fraction of sp³-hybridized carbons (Fsp3) is 0.727. The van der Waals surface area contributed by atoms with Crippen molar-refractivity contribution in [2.45, 2.75) is 32.7 Å². The van der Waals surface area contributed by atoms with Crippen LogP contribution in [0.2, 0.25) is 0 Å². The van der Waals surface area contributed by atoms with Crippen molar-refractivity contribution >= 4 is 5.91 Å². The minimum Gasteiger partial charge on any atom is -0.342 e. The summed E-state index contributed by atoms with van der Waals surface area (Å²) in [6.07, 6.45) is 3.26. The Morgan fingerprint density at radius 1 is 1.57 bits per heavy atom. The van der Waals surface area contributed by atoms with Crippen molar-refractivity contribution in [1.29, 1.82) is 0 Å². The van der Waals surface area contributed by atoms with Gasteiger partial charge >= 0.3 is 0 Å². The highest BCUT2D eigenvalue weighted by Crippen LogP contribution is 1.95. The molecule has 0 heterocycles. The highest BCUT2D eigenvalue weighted by atomic mass is 16.2. The van der Waals surface area contributed by atoms with Crippen molar-refractivity contribution in [2.75, 3.05) is 20.1 Å². The summed E-state index contributed by atoms with van der Waals surface area (Å²) in [6, 6.07) is 0.496. The molecule has 0 aliphatic heterocycles. The molecule has 82 valence electrons. The van der Waals surface area contributed by atoms with Gasteiger partial charge in [0.05, 0.1) is 0 Å². The molecule has 0 rings (SSSR count). The maximum absolute atomic E-state index is 11.4. The van der Waals surface area contributed by atoms with Crippen LogP contribution in [0, 0.1) is 0 Å². The maximum Gasteiger partial charge on any atom is 0.222 e. The van der Waals surface area contributed by atoms with Crippen LogP contribution in [0.25, 0.3) is 0 Å². The van der Waals surface area contributed by atoms with Crippen molar-refractivity contribution in [3.63, 3.8) is 0 Å². The second-order valence-electron chi connectivity index (χ2n) is 3.78. The van der Waals surface area contributed by atoms with Crippen molar-refractivity contribution in [3.8, 4) is 0 Å². The molecule has 0 aromatic heterocycles. The van der Waals surface area contributed by atoms with E-state index in [9.17, 15) is 4.79 Å². The molecule has 1 amide bonds. The number of nitrogens with one attached hydrogen (secondary N) is 1. The van der Waals surface area contributed by atoms with E-state index in [-0.39, 0.29) is 5.91 Å². The van der Waals surface area contributed by atoms with Crippen LogP contribution in [0.5, 0.6) is 0 Å². The van der Waals surface area contributed by atoms with Crippen LogP contribution in [0.1, 0.15) is 26.7 Å². The molecule has 0 aliphatic carbocycles. The number of hydrogen-bond acceptors (Lipinski definition) is 2. The Bertz CT molecular complexity index is 178. The van der Waals surface area contributed by atoms with Crippen LogP contribution in [-0.4, -0.2) is 37.0 Å². The second kappa shape index (κ2) is 7.56. The quantitative estimate of drug-likeness (QED) is 0.495. The van der Waals surface area contributed by atoms with Crippen LogP contribution in [0.15, 0.2) is 12.7 Å². The third kappa shape index (κ3) is 6.66. The number of amides is 1. The summed E-state index contributed by atoms with van der Waals surface area (Å²) in [7, 11) is 1.81. The van der Waals surface area contributed by atoms with Gasteiger partial charge in [-0.2, -0.15) is 0 Å². The Hall–Kier alpha value is -0.830. The molecule has 0 unspecified atom stereocenters. The summed E-state index contributed by atoms with van der Waals surface area (Å²) < 4.78 is 0. The third-order valence-electron chi connectivity index (χ3n) is 1.95. The van der Waals surface area contributed by atoms with Crippen LogP contribution in [-0.2, 0) is 4.79 Å². The van der Waals surface area contributed by atoms with Gasteiger partial charge in [0.2, 0.25) is 5.91 Å². The number of nitrogens with zero attached hydrogens (tertiary/aromatic N) is 1. The maximum atomic E-state index is 11.4. The van der Waals surface area contributed by atoms with E-state index in [4.69, 9.17) is 0 Å². The summed E-state index contributed by atoms with van der Waals surface area (Å²) >= 11 is 0. The molecule has 0 aromatic carbocycles. The number of likely N-dealkylation sites (N-methyl/N-ethyl adjacent to an activating group) is 1. The minimum absolute atomic E-state index is 0.190. The SMILES string of the molecule is C=CCN(C)C(=O)CCCNC(C)C. The zero-order valence-corrected chi connectivity index (χ0v) is 9.55. The van der Waals surface area contributed by atoms with E-state index in [1.807, 2.05) is 0 Å². The molecule has 0 aromatic rings. The highest BCUT2D eigenvalue weighted by Gasteiger charge is 2.05. The number of carbonyl (C=O) groups is 1. The summed E-state index contributed by atoms with van der Waals surface area (Å²) in [5, 5.41) is 3.28. The second-order valence-corrected chi connectivity index (χ2v) is 3.78. The van der Waals surface area contributed by atoms with E-state index < -0.39 is 0 Å². The first kappa shape index (κ1) is 13.2. The number of rotatable bonds is 7. The number of carbonyl (C=O) groups excluding carboxylic acids is 1. The molecule has 0 fully saturated rings. The molecule has 0 atom stereocenters. The average Bonchev–Trinajstić information content (AvgIpc) is 2.12. The van der Waals surface area contributed by atoms with Crippen molar-refractivity contribution < 1.29 is 4.79 Å². The molecule has 0 radical (unpaired) electrons. The van der Waals surface area contributed by atoms with Gasteiger partial charge in [-0.3, -0.25) is 4.79 Å². The Kier molecular flexibility index (Phi) is 7.11. The summed E-state index contributed by atoms with van der Waals surface area (Å²) in [6.45, 7) is 9.35. The largest absolute Gasteiger partial charge is 0.342 e. The normalized spacial score (nSPS) is 10.3. The van der Waals surface area contributed by atoms with E-state index >= 15 is 0 Å². The first-order valence-corrected chi connectivity index (χ1v) is 5.16. The molecule has 3 nitrogen and oxygen atoms in total. The van der Waals surface area contributed by atoms with Crippen LogP contribution in [0.3, 0.4) is 0 Å². The standard InChI is InChI=1S/C11H22N2O/c1-5-9-13(4)11(14)7-6-8-12-10(2)3/h5,10,12H,1,6-9H2,2-4H3. The predicted molar refractivity (Wildman–Crippen MR) is 60.2 cm³/mol. The van der Waals surface area contributed by atoms with Crippen molar-refractivity contribution in [1.82, 2.24) is 10.2 Å². The van der Waals surface area contributed by atoms with Gasteiger partial charge in [0.15, 0.2) is 0 Å². The Morgan fingerprint density at radius 3 is 2.71 bits per heavy atom. The van der Waals surface area contributed by atoms with E-state index in [0.717, 1.165) is 13.0 Å². The van der Waals surface area contributed by atoms with Gasteiger partial charge in [-0.25, -0.2) is 0 Å². The zero-order valence-electron chi connectivity index (χ0n) is 9.55. The lowest BCUT2D eigenvalue weighted by Gasteiger charge is -2.15. The molecule has 0 bridgehead atoms. The Balaban J connectivity index is 3.48. The van der Waals surface area contributed by atoms with Crippen molar-refractivity contribution in [2.24, 2.45) is 0 Å². The third-order valence-corrected chi connectivity index (χ3v) is 1.95. The van der Waals surface area contributed by atoms with E-state index in [0.29, 0.717) is 19.0 Å². The monoisotopic (exact) mass is 198 g/mol.